The maximum Gasteiger partial charge on any atom is 0.303 e. The Morgan fingerprint density at radius 2 is 1.92 bits per heavy atom. The van der Waals surface area contributed by atoms with Gasteiger partial charge in [-0.25, -0.2) is 0 Å². The number of hydrogen-bond donors (Lipinski definition) is 3. The van der Waals surface area contributed by atoms with E-state index in [0.29, 0.717) is 5.69 Å². The van der Waals surface area contributed by atoms with Gasteiger partial charge in [0.05, 0.1) is 12.5 Å². The van der Waals surface area contributed by atoms with Gasteiger partial charge in [0, 0.05) is 11.6 Å². The zero-order valence-corrected chi connectivity index (χ0v) is 16.7. The van der Waals surface area contributed by atoms with E-state index >= 15 is 0 Å². The van der Waals surface area contributed by atoms with Crippen molar-refractivity contribution in [3.05, 3.63) is 29.3 Å². The summed E-state index contributed by atoms with van der Waals surface area (Å²) in [6, 6.07) is 5.68. The Kier molecular flexibility index (Phi) is 6.61. The van der Waals surface area contributed by atoms with E-state index in [1.54, 1.807) is 0 Å². The average molecular weight is 353 g/mol. The summed E-state index contributed by atoms with van der Waals surface area (Å²) in [7, 11) is -2.11. The molecule has 0 saturated carbocycles. The predicted molar refractivity (Wildman–Crippen MR) is 101 cm³/mol. The molecule has 0 bridgehead atoms. The molecule has 2 unspecified atom stereocenters. The average Bonchev–Trinajstić information content (AvgIpc) is 2.43. The number of nitrogens with two attached hydrogens (primary N) is 2. The largest absolute Gasteiger partial charge is 0.481 e. The smallest absolute Gasteiger partial charge is 0.303 e. The Morgan fingerprint density at radius 3 is 2.38 bits per heavy atom. The third kappa shape index (κ3) is 5.06. The maximum atomic E-state index is 11.3. The number of carboxylic acid groups (broad SMARTS) is 1. The highest BCUT2D eigenvalue weighted by molar-refractivity contribution is 6.74. The standard InChI is InChI=1S/C18H32N2O3Si/c1-12-7-8-14(20)10-15(12)17(13(11-19)9-16(21)22)23-24(5,6)18(2,3)4/h7-8,10,13,17H,9,11,19-20H2,1-6H3,(H,21,22). The molecule has 0 fully saturated rings. The summed E-state index contributed by atoms with van der Waals surface area (Å²) >= 11 is 0. The molecule has 0 aliphatic heterocycles. The molecule has 136 valence electrons. The van der Waals surface area contributed by atoms with Crippen LogP contribution in [-0.4, -0.2) is 25.9 Å². The molecule has 24 heavy (non-hydrogen) atoms. The molecule has 0 aromatic heterocycles. The van der Waals surface area contributed by atoms with Crippen molar-refractivity contribution in [2.45, 2.75) is 58.4 Å². The molecule has 0 radical (unpaired) electrons. The third-order valence-electron chi connectivity index (χ3n) is 5.01. The van der Waals surface area contributed by atoms with Crippen LogP contribution in [0.5, 0.6) is 0 Å². The maximum absolute atomic E-state index is 11.3. The van der Waals surface area contributed by atoms with Crippen molar-refractivity contribution < 1.29 is 14.3 Å². The molecule has 0 amide bonds. The molecule has 1 aromatic carbocycles. The number of carboxylic acids is 1. The van der Waals surface area contributed by atoms with Gasteiger partial charge in [-0.15, -0.1) is 0 Å². The van der Waals surface area contributed by atoms with Crippen LogP contribution in [0.4, 0.5) is 5.69 Å². The van der Waals surface area contributed by atoms with E-state index in [2.05, 4.69) is 33.9 Å². The van der Waals surface area contributed by atoms with E-state index in [0.717, 1.165) is 11.1 Å². The van der Waals surface area contributed by atoms with Crippen molar-refractivity contribution in [3.63, 3.8) is 0 Å². The fourth-order valence-corrected chi connectivity index (χ4v) is 3.72. The molecule has 0 heterocycles. The minimum atomic E-state index is -2.11. The van der Waals surface area contributed by atoms with Crippen molar-refractivity contribution in [1.82, 2.24) is 0 Å². The second-order valence-electron chi connectivity index (χ2n) is 8.01. The van der Waals surface area contributed by atoms with Crippen LogP contribution in [0.3, 0.4) is 0 Å². The number of hydrogen-bond acceptors (Lipinski definition) is 4. The van der Waals surface area contributed by atoms with Crippen LogP contribution in [0.1, 0.15) is 44.4 Å². The van der Waals surface area contributed by atoms with Gasteiger partial charge in [0.15, 0.2) is 8.32 Å². The SMILES string of the molecule is Cc1ccc(N)cc1C(O[Si](C)(C)C(C)(C)C)C(CN)CC(=O)O. The highest BCUT2D eigenvalue weighted by Gasteiger charge is 2.41. The normalized spacial score (nSPS) is 15.1. The van der Waals surface area contributed by atoms with E-state index in [4.69, 9.17) is 15.9 Å². The molecule has 1 aromatic rings. The van der Waals surface area contributed by atoms with Gasteiger partial charge in [-0.05, 0) is 54.9 Å². The van der Waals surface area contributed by atoms with Gasteiger partial charge in [0.1, 0.15) is 0 Å². The summed E-state index contributed by atoms with van der Waals surface area (Å²) in [5.41, 5.74) is 14.5. The van der Waals surface area contributed by atoms with Crippen molar-refractivity contribution in [1.29, 1.82) is 0 Å². The second-order valence-corrected chi connectivity index (χ2v) is 12.8. The Labute approximate surface area is 146 Å². The van der Waals surface area contributed by atoms with Crippen LogP contribution in [-0.2, 0) is 9.22 Å². The molecule has 2 atom stereocenters. The molecular formula is C18H32N2O3Si. The van der Waals surface area contributed by atoms with Gasteiger partial charge in [-0.2, -0.15) is 0 Å². The van der Waals surface area contributed by atoms with E-state index in [-0.39, 0.29) is 30.0 Å². The minimum absolute atomic E-state index is 0.0157. The number of nitrogen functional groups attached to an aromatic ring is 1. The molecule has 5 nitrogen and oxygen atoms in total. The first-order valence-corrected chi connectivity index (χ1v) is 11.3. The highest BCUT2D eigenvalue weighted by Crippen LogP contribution is 2.43. The van der Waals surface area contributed by atoms with Crippen molar-refractivity contribution >= 4 is 20.0 Å². The first-order chi connectivity index (χ1) is 10.9. The molecule has 6 heteroatoms. The lowest BCUT2D eigenvalue weighted by Gasteiger charge is -2.41. The monoisotopic (exact) mass is 352 g/mol. The van der Waals surface area contributed by atoms with Crippen LogP contribution < -0.4 is 11.5 Å². The van der Waals surface area contributed by atoms with E-state index in [9.17, 15) is 9.90 Å². The first-order valence-electron chi connectivity index (χ1n) is 8.34. The van der Waals surface area contributed by atoms with Gasteiger partial charge in [0.2, 0.25) is 0 Å². The van der Waals surface area contributed by atoms with Gasteiger partial charge in [-0.3, -0.25) is 4.79 Å². The van der Waals surface area contributed by atoms with E-state index in [1.807, 2.05) is 25.1 Å². The summed E-state index contributed by atoms with van der Waals surface area (Å²) < 4.78 is 6.62. The molecule has 0 saturated heterocycles. The zero-order chi connectivity index (χ0) is 18.7. The molecule has 0 aliphatic rings. The number of aliphatic carboxylic acids is 1. The van der Waals surface area contributed by atoms with Crippen molar-refractivity contribution in [3.8, 4) is 0 Å². The van der Waals surface area contributed by atoms with Crippen LogP contribution >= 0.6 is 0 Å². The Bertz CT molecular complexity index is 582. The predicted octanol–water partition coefficient (Wildman–Crippen LogP) is 3.69. The summed E-state index contributed by atoms with van der Waals surface area (Å²) in [4.78, 5) is 11.3. The summed E-state index contributed by atoms with van der Waals surface area (Å²) in [5.74, 6) is -1.16. The minimum Gasteiger partial charge on any atom is -0.481 e. The quantitative estimate of drug-likeness (QED) is 0.513. The van der Waals surface area contributed by atoms with Gasteiger partial charge in [0.25, 0.3) is 0 Å². The van der Waals surface area contributed by atoms with Crippen LogP contribution in [0.25, 0.3) is 0 Å². The van der Waals surface area contributed by atoms with E-state index < -0.39 is 14.3 Å². The number of aryl methyl sites for hydroxylation is 1. The fourth-order valence-electron chi connectivity index (χ4n) is 2.41. The number of rotatable bonds is 7. The molecule has 0 aliphatic carbocycles. The topological polar surface area (TPSA) is 98.6 Å². The van der Waals surface area contributed by atoms with Gasteiger partial charge in [-0.1, -0.05) is 26.8 Å². The Hall–Kier alpha value is -1.37. The lowest BCUT2D eigenvalue weighted by Crippen LogP contribution is -2.44. The number of carbonyl (C=O) groups is 1. The molecule has 5 N–H and O–H groups in total. The third-order valence-corrected chi connectivity index (χ3v) is 9.46. The number of anilines is 1. The number of benzene rings is 1. The Balaban J connectivity index is 3.35. The second kappa shape index (κ2) is 7.67. The van der Waals surface area contributed by atoms with Crippen molar-refractivity contribution in [2.24, 2.45) is 11.7 Å². The molecule has 1 rings (SSSR count). The highest BCUT2D eigenvalue weighted by atomic mass is 28.4. The molecular weight excluding hydrogens is 320 g/mol. The lowest BCUT2D eigenvalue weighted by atomic mass is 9.90. The fraction of sp³-hybridized carbons (Fsp3) is 0.611. The van der Waals surface area contributed by atoms with Gasteiger partial charge < -0.3 is 21.0 Å². The molecule has 0 spiro atoms. The Morgan fingerprint density at radius 1 is 1.33 bits per heavy atom. The van der Waals surface area contributed by atoms with Crippen LogP contribution in [0.2, 0.25) is 18.1 Å². The van der Waals surface area contributed by atoms with Gasteiger partial charge >= 0.3 is 5.97 Å². The van der Waals surface area contributed by atoms with Crippen molar-refractivity contribution in [2.75, 3.05) is 12.3 Å². The van der Waals surface area contributed by atoms with E-state index in [1.165, 1.54) is 0 Å². The zero-order valence-electron chi connectivity index (χ0n) is 15.7. The van der Waals surface area contributed by atoms with Crippen LogP contribution in [0, 0.1) is 12.8 Å². The summed E-state index contributed by atoms with van der Waals surface area (Å²) in [6.45, 7) is 13.1. The first kappa shape index (κ1) is 20.7. The summed E-state index contributed by atoms with van der Waals surface area (Å²) in [5, 5.41) is 9.28. The summed E-state index contributed by atoms with van der Waals surface area (Å²) in [6.07, 6.45) is -0.389. The lowest BCUT2D eigenvalue weighted by molar-refractivity contribution is -0.139. The van der Waals surface area contributed by atoms with Crippen LogP contribution in [0.15, 0.2) is 18.2 Å².